The van der Waals surface area contributed by atoms with Crippen molar-refractivity contribution in [1.29, 1.82) is 0 Å². The van der Waals surface area contributed by atoms with Gasteiger partial charge in [-0.15, -0.1) is 6.58 Å². The van der Waals surface area contributed by atoms with Crippen LogP contribution < -0.4 is 5.73 Å². The number of nitrogens with two attached hydrogens (primary N) is 1. The molecular formula is C14H16ClF3N2O3S. The number of carbonyl (C=O) groups excluding carboxylic acids is 1. The number of primary amides is 1. The molecule has 0 saturated carbocycles. The molecule has 0 heterocycles. The SMILES string of the molecule is C=CCN(CC(N)=O)S(=O)(=O)Cc1ccc(C(F)C(F)F)cc1Cl. The van der Waals surface area contributed by atoms with Crippen molar-refractivity contribution in [3.8, 4) is 0 Å². The predicted molar refractivity (Wildman–Crippen MR) is 84.9 cm³/mol. The molecular weight excluding hydrogens is 369 g/mol. The van der Waals surface area contributed by atoms with Gasteiger partial charge in [0.05, 0.1) is 12.3 Å². The Kier molecular flexibility index (Phi) is 7.25. The first-order valence-electron chi connectivity index (χ1n) is 6.66. The number of hydrogen-bond acceptors (Lipinski definition) is 3. The molecule has 1 rings (SSSR count). The van der Waals surface area contributed by atoms with Gasteiger partial charge in [0.25, 0.3) is 6.43 Å². The fraction of sp³-hybridized carbons (Fsp3) is 0.357. The number of rotatable bonds is 9. The van der Waals surface area contributed by atoms with Crippen LogP contribution in [0, 0.1) is 0 Å². The van der Waals surface area contributed by atoms with Gasteiger partial charge >= 0.3 is 0 Å². The van der Waals surface area contributed by atoms with E-state index in [1.165, 1.54) is 6.08 Å². The smallest absolute Gasteiger partial charge is 0.273 e. The van der Waals surface area contributed by atoms with Gasteiger partial charge in [-0.3, -0.25) is 4.79 Å². The van der Waals surface area contributed by atoms with Gasteiger partial charge < -0.3 is 5.73 Å². The summed E-state index contributed by atoms with van der Waals surface area (Å²) in [5.74, 6) is -1.45. The zero-order valence-electron chi connectivity index (χ0n) is 12.5. The Morgan fingerprint density at radius 1 is 1.38 bits per heavy atom. The fourth-order valence-corrected chi connectivity index (χ4v) is 3.70. The topological polar surface area (TPSA) is 80.5 Å². The van der Waals surface area contributed by atoms with Crippen molar-refractivity contribution in [1.82, 2.24) is 4.31 Å². The highest BCUT2D eigenvalue weighted by Crippen LogP contribution is 2.29. The fourth-order valence-electron chi connectivity index (χ4n) is 1.88. The number of hydrogen-bond donors (Lipinski definition) is 1. The Balaban J connectivity index is 3.05. The first-order valence-corrected chi connectivity index (χ1v) is 8.64. The normalized spacial score (nSPS) is 13.2. The van der Waals surface area contributed by atoms with Gasteiger partial charge in [-0.25, -0.2) is 21.6 Å². The van der Waals surface area contributed by atoms with E-state index >= 15 is 0 Å². The zero-order chi connectivity index (χ0) is 18.5. The molecule has 0 aromatic heterocycles. The number of benzene rings is 1. The van der Waals surface area contributed by atoms with Crippen LogP contribution in [0.5, 0.6) is 0 Å². The van der Waals surface area contributed by atoms with Crippen molar-refractivity contribution in [2.24, 2.45) is 5.73 Å². The monoisotopic (exact) mass is 384 g/mol. The largest absolute Gasteiger partial charge is 0.369 e. The van der Waals surface area contributed by atoms with Crippen LogP contribution in [0.3, 0.4) is 0 Å². The van der Waals surface area contributed by atoms with Gasteiger partial charge in [0, 0.05) is 11.6 Å². The molecule has 24 heavy (non-hydrogen) atoms. The van der Waals surface area contributed by atoms with Crippen LogP contribution in [-0.4, -0.2) is 38.1 Å². The van der Waals surface area contributed by atoms with Crippen molar-refractivity contribution in [3.63, 3.8) is 0 Å². The Morgan fingerprint density at radius 3 is 2.46 bits per heavy atom. The van der Waals surface area contributed by atoms with E-state index in [9.17, 15) is 26.4 Å². The van der Waals surface area contributed by atoms with Crippen molar-refractivity contribution in [3.05, 3.63) is 47.0 Å². The van der Waals surface area contributed by atoms with Gasteiger partial charge in [0.2, 0.25) is 15.9 Å². The molecule has 0 aliphatic carbocycles. The molecule has 0 spiro atoms. The lowest BCUT2D eigenvalue weighted by Crippen LogP contribution is -2.39. The molecule has 1 atom stereocenters. The zero-order valence-corrected chi connectivity index (χ0v) is 14.0. The van der Waals surface area contributed by atoms with Gasteiger partial charge in [-0.2, -0.15) is 4.31 Å². The summed E-state index contributed by atoms with van der Waals surface area (Å²) in [5.41, 5.74) is 4.74. The Labute approximate surface area is 142 Å². The van der Waals surface area contributed by atoms with Gasteiger partial charge in [0.1, 0.15) is 0 Å². The number of alkyl halides is 3. The standard InChI is InChI=1S/C14H16ClF3N2O3S/c1-2-5-20(7-12(19)21)24(22,23)8-10-4-3-9(6-11(10)15)13(16)14(17)18/h2-4,6,13-14H,1,5,7-8H2,(H2,19,21). The third-order valence-corrected chi connectivity index (χ3v) is 5.11. The minimum Gasteiger partial charge on any atom is -0.369 e. The molecule has 1 amide bonds. The number of nitrogens with zero attached hydrogens (tertiary/aromatic N) is 1. The third-order valence-electron chi connectivity index (χ3n) is 3.01. The molecule has 0 aliphatic rings. The number of carbonyl (C=O) groups is 1. The van der Waals surface area contributed by atoms with Crippen molar-refractivity contribution >= 4 is 27.5 Å². The molecule has 1 aromatic rings. The van der Waals surface area contributed by atoms with Crippen molar-refractivity contribution in [2.45, 2.75) is 18.3 Å². The summed E-state index contributed by atoms with van der Waals surface area (Å²) in [7, 11) is -3.97. The van der Waals surface area contributed by atoms with E-state index < -0.39 is 40.8 Å². The van der Waals surface area contributed by atoms with Crippen molar-refractivity contribution < 1.29 is 26.4 Å². The van der Waals surface area contributed by atoms with Crippen LogP contribution >= 0.6 is 11.6 Å². The lowest BCUT2D eigenvalue weighted by Gasteiger charge is -2.19. The average molecular weight is 385 g/mol. The summed E-state index contributed by atoms with van der Waals surface area (Å²) >= 11 is 5.87. The molecule has 0 saturated heterocycles. The Bertz CT molecular complexity index is 713. The molecule has 5 nitrogen and oxygen atoms in total. The van der Waals surface area contributed by atoms with E-state index in [4.69, 9.17) is 17.3 Å². The Morgan fingerprint density at radius 2 is 2.00 bits per heavy atom. The molecule has 1 aromatic carbocycles. The van der Waals surface area contributed by atoms with E-state index in [0.717, 1.165) is 22.5 Å². The highest BCUT2D eigenvalue weighted by Gasteiger charge is 2.26. The lowest BCUT2D eigenvalue weighted by molar-refractivity contribution is -0.118. The maximum atomic E-state index is 13.3. The van der Waals surface area contributed by atoms with Gasteiger partial charge in [0.15, 0.2) is 6.17 Å². The van der Waals surface area contributed by atoms with Crippen LogP contribution in [-0.2, 0) is 20.6 Å². The molecule has 0 fully saturated rings. The van der Waals surface area contributed by atoms with Crippen LogP contribution in [0.15, 0.2) is 30.9 Å². The highest BCUT2D eigenvalue weighted by molar-refractivity contribution is 7.88. The molecule has 1 unspecified atom stereocenters. The number of halogens is 4. The predicted octanol–water partition coefficient (Wildman–Crippen LogP) is 2.42. The second-order valence-electron chi connectivity index (χ2n) is 4.89. The second-order valence-corrected chi connectivity index (χ2v) is 7.27. The quantitative estimate of drug-likeness (QED) is 0.664. The molecule has 0 radical (unpaired) electrons. The maximum absolute atomic E-state index is 13.3. The number of sulfonamides is 1. The van der Waals surface area contributed by atoms with E-state index in [0.29, 0.717) is 0 Å². The van der Waals surface area contributed by atoms with Crippen LogP contribution in [0.4, 0.5) is 13.2 Å². The van der Waals surface area contributed by atoms with E-state index in [2.05, 4.69) is 6.58 Å². The average Bonchev–Trinajstić information content (AvgIpc) is 2.47. The van der Waals surface area contributed by atoms with Gasteiger partial charge in [-0.05, 0) is 17.2 Å². The van der Waals surface area contributed by atoms with E-state index in [-0.39, 0.29) is 22.7 Å². The Hall–Kier alpha value is -1.58. The summed E-state index contributed by atoms with van der Waals surface area (Å²) in [6.07, 6.45) is -4.45. The van der Waals surface area contributed by atoms with Crippen LogP contribution in [0.2, 0.25) is 5.02 Å². The van der Waals surface area contributed by atoms with Crippen molar-refractivity contribution in [2.75, 3.05) is 13.1 Å². The van der Waals surface area contributed by atoms with E-state index in [1.54, 1.807) is 0 Å². The van der Waals surface area contributed by atoms with Crippen LogP contribution in [0.25, 0.3) is 0 Å². The lowest BCUT2D eigenvalue weighted by atomic mass is 10.1. The minimum atomic E-state index is -3.97. The minimum absolute atomic E-state index is 0.0837. The summed E-state index contributed by atoms with van der Waals surface area (Å²) in [6.45, 7) is 2.72. The first kappa shape index (κ1) is 20.5. The molecule has 10 heteroatoms. The summed E-state index contributed by atoms with van der Waals surface area (Å²) in [4.78, 5) is 11.0. The number of amides is 1. The summed E-state index contributed by atoms with van der Waals surface area (Å²) in [5, 5.41) is -0.169. The van der Waals surface area contributed by atoms with E-state index in [1.807, 2.05) is 0 Å². The molecule has 0 aliphatic heterocycles. The molecule has 0 bridgehead atoms. The third kappa shape index (κ3) is 5.50. The second kappa shape index (κ2) is 8.50. The highest BCUT2D eigenvalue weighted by atomic mass is 35.5. The maximum Gasteiger partial charge on any atom is 0.273 e. The molecule has 134 valence electrons. The summed E-state index contributed by atoms with van der Waals surface area (Å²) in [6, 6.07) is 3.15. The van der Waals surface area contributed by atoms with Crippen LogP contribution in [0.1, 0.15) is 17.3 Å². The molecule has 2 N–H and O–H groups in total. The first-order chi connectivity index (χ1) is 11.1. The summed E-state index contributed by atoms with van der Waals surface area (Å²) < 4.78 is 63.4. The van der Waals surface area contributed by atoms with Gasteiger partial charge in [-0.1, -0.05) is 29.8 Å².